The van der Waals surface area contributed by atoms with E-state index in [0.717, 1.165) is 18.6 Å². The van der Waals surface area contributed by atoms with E-state index in [0.29, 0.717) is 30.3 Å². The van der Waals surface area contributed by atoms with E-state index in [9.17, 15) is 14.7 Å². The van der Waals surface area contributed by atoms with E-state index >= 15 is 0 Å². The summed E-state index contributed by atoms with van der Waals surface area (Å²) in [6.07, 6.45) is 3.26. The lowest BCUT2D eigenvalue weighted by molar-refractivity contribution is -0.150. The number of nitrogens with zero attached hydrogens (tertiary/aromatic N) is 1. The van der Waals surface area contributed by atoms with Crippen LogP contribution in [0.2, 0.25) is 0 Å². The summed E-state index contributed by atoms with van der Waals surface area (Å²) in [7, 11) is 0. The monoisotopic (exact) mass is 397 g/mol. The summed E-state index contributed by atoms with van der Waals surface area (Å²) in [6, 6.07) is 0. The first-order valence-corrected chi connectivity index (χ1v) is 11.2. The minimum Gasteiger partial charge on any atom is -0.511 e. The number of ketones is 1. The summed E-state index contributed by atoms with van der Waals surface area (Å²) in [5, 5.41) is 11.3. The number of allylic oxidation sites excluding steroid dienone is 1. The Bertz CT molecular complexity index is 571. The van der Waals surface area contributed by atoms with Gasteiger partial charge in [-0.15, -0.1) is 0 Å². The van der Waals surface area contributed by atoms with E-state index in [1.54, 1.807) is 18.7 Å². The summed E-state index contributed by atoms with van der Waals surface area (Å²) >= 11 is 1.80. The fourth-order valence-electron chi connectivity index (χ4n) is 3.59. The van der Waals surface area contributed by atoms with Gasteiger partial charge in [0.2, 0.25) is 0 Å². The molecule has 0 saturated heterocycles. The number of hydrogen-bond donors (Lipinski definition) is 1. The molecule has 0 heterocycles. The molecule has 154 valence electrons. The van der Waals surface area contributed by atoms with Crippen molar-refractivity contribution in [3.8, 4) is 0 Å². The van der Waals surface area contributed by atoms with Crippen molar-refractivity contribution >= 4 is 29.2 Å². The lowest BCUT2D eigenvalue weighted by Gasteiger charge is -2.32. The lowest BCUT2D eigenvalue weighted by Crippen LogP contribution is -2.38. The molecule has 1 aliphatic carbocycles. The maximum Gasteiger partial charge on any atom is 0.316 e. The molecule has 0 spiro atoms. The second-order valence-corrected chi connectivity index (χ2v) is 8.67. The highest BCUT2D eigenvalue weighted by Gasteiger charge is 2.43. The SMILES string of the molecule is CCCN=C(CCC)C1=C(O)[C@H](C(=O)OCC)[C@H](C[C@@H](C)SCC)CC1=O. The zero-order valence-corrected chi connectivity index (χ0v) is 18.2. The van der Waals surface area contributed by atoms with Gasteiger partial charge in [0.1, 0.15) is 11.7 Å². The molecule has 0 radical (unpaired) electrons. The molecule has 0 aromatic heterocycles. The van der Waals surface area contributed by atoms with Gasteiger partial charge in [-0.3, -0.25) is 14.6 Å². The highest BCUT2D eigenvalue weighted by Crippen LogP contribution is 2.38. The molecular formula is C21H35NO4S. The van der Waals surface area contributed by atoms with Crippen LogP contribution in [0.5, 0.6) is 0 Å². The Hall–Kier alpha value is -1.30. The highest BCUT2D eigenvalue weighted by molar-refractivity contribution is 7.99. The molecule has 27 heavy (non-hydrogen) atoms. The Morgan fingerprint density at radius 1 is 1.30 bits per heavy atom. The van der Waals surface area contributed by atoms with Crippen LogP contribution in [0.15, 0.2) is 16.3 Å². The van der Waals surface area contributed by atoms with E-state index in [-0.39, 0.29) is 36.1 Å². The van der Waals surface area contributed by atoms with Crippen LogP contribution < -0.4 is 0 Å². The van der Waals surface area contributed by atoms with E-state index in [1.165, 1.54) is 0 Å². The van der Waals surface area contributed by atoms with Crippen LogP contribution in [0, 0.1) is 11.8 Å². The van der Waals surface area contributed by atoms with Crippen molar-refractivity contribution in [3.05, 3.63) is 11.3 Å². The topological polar surface area (TPSA) is 76.0 Å². The van der Waals surface area contributed by atoms with Crippen LogP contribution >= 0.6 is 11.8 Å². The van der Waals surface area contributed by atoms with E-state index < -0.39 is 11.9 Å². The Labute approximate surface area is 168 Å². The lowest BCUT2D eigenvalue weighted by atomic mass is 9.74. The van der Waals surface area contributed by atoms with Crippen molar-refractivity contribution in [3.63, 3.8) is 0 Å². The van der Waals surface area contributed by atoms with E-state index in [2.05, 4.69) is 18.8 Å². The number of aliphatic imine (C=N–C) groups is 1. The Morgan fingerprint density at radius 3 is 2.56 bits per heavy atom. The maximum absolute atomic E-state index is 12.9. The molecule has 0 bridgehead atoms. The van der Waals surface area contributed by atoms with Crippen LogP contribution in [0.3, 0.4) is 0 Å². The fraction of sp³-hybridized carbons (Fsp3) is 0.762. The Morgan fingerprint density at radius 2 is 2.00 bits per heavy atom. The van der Waals surface area contributed by atoms with Gasteiger partial charge in [-0.1, -0.05) is 34.1 Å². The molecule has 0 aromatic rings. The molecular weight excluding hydrogens is 362 g/mol. The molecule has 0 saturated carbocycles. The minimum absolute atomic E-state index is 0.102. The van der Waals surface area contributed by atoms with Gasteiger partial charge in [-0.05, 0) is 37.9 Å². The molecule has 0 fully saturated rings. The first-order valence-electron chi connectivity index (χ1n) is 10.2. The first kappa shape index (κ1) is 23.7. The van der Waals surface area contributed by atoms with Gasteiger partial charge in [0.25, 0.3) is 0 Å². The molecule has 3 atom stereocenters. The second kappa shape index (κ2) is 12.2. The highest BCUT2D eigenvalue weighted by atomic mass is 32.2. The largest absolute Gasteiger partial charge is 0.511 e. The quantitative estimate of drug-likeness (QED) is 0.402. The Balaban J connectivity index is 3.31. The van der Waals surface area contributed by atoms with Gasteiger partial charge in [0.15, 0.2) is 5.78 Å². The van der Waals surface area contributed by atoms with Crippen molar-refractivity contribution in [2.24, 2.45) is 16.8 Å². The second-order valence-electron chi connectivity index (χ2n) is 6.96. The molecule has 0 aromatic carbocycles. The third-order valence-electron chi connectivity index (χ3n) is 4.68. The summed E-state index contributed by atoms with van der Waals surface area (Å²) in [4.78, 5) is 30.1. The van der Waals surface area contributed by atoms with Crippen molar-refractivity contribution in [1.29, 1.82) is 0 Å². The number of thioether (sulfide) groups is 1. The van der Waals surface area contributed by atoms with Crippen molar-refractivity contribution in [2.45, 2.75) is 72.0 Å². The van der Waals surface area contributed by atoms with Gasteiger partial charge in [-0.25, -0.2) is 0 Å². The number of esters is 1. The van der Waals surface area contributed by atoms with Gasteiger partial charge in [0.05, 0.1) is 12.2 Å². The van der Waals surface area contributed by atoms with Crippen LogP contribution in [-0.2, 0) is 14.3 Å². The third-order valence-corrected chi connectivity index (χ3v) is 5.77. The average Bonchev–Trinajstić information content (AvgIpc) is 2.59. The minimum atomic E-state index is -0.777. The molecule has 0 aliphatic heterocycles. The maximum atomic E-state index is 12.9. The number of carbonyl (C=O) groups excluding carboxylic acids is 2. The Kier molecular flexibility index (Phi) is 10.7. The summed E-state index contributed by atoms with van der Waals surface area (Å²) in [5.74, 6) is -0.708. The number of carbonyl (C=O) groups is 2. The van der Waals surface area contributed by atoms with Crippen LogP contribution in [0.4, 0.5) is 0 Å². The van der Waals surface area contributed by atoms with Crippen LogP contribution in [-0.4, -0.2) is 46.7 Å². The predicted molar refractivity (Wildman–Crippen MR) is 113 cm³/mol. The average molecular weight is 398 g/mol. The van der Waals surface area contributed by atoms with E-state index in [1.807, 2.05) is 13.8 Å². The molecule has 1 aliphatic rings. The zero-order valence-electron chi connectivity index (χ0n) is 17.4. The summed E-state index contributed by atoms with van der Waals surface area (Å²) in [6.45, 7) is 10.8. The third kappa shape index (κ3) is 6.66. The first-order chi connectivity index (χ1) is 12.9. The van der Waals surface area contributed by atoms with Crippen molar-refractivity contribution in [1.82, 2.24) is 0 Å². The molecule has 0 unspecified atom stereocenters. The fourth-order valence-corrected chi connectivity index (χ4v) is 4.54. The molecule has 1 N–H and O–H groups in total. The number of aliphatic hydroxyl groups excluding tert-OH is 1. The van der Waals surface area contributed by atoms with Gasteiger partial charge >= 0.3 is 5.97 Å². The zero-order chi connectivity index (χ0) is 20.4. The predicted octanol–water partition coefficient (Wildman–Crippen LogP) is 4.75. The number of ether oxygens (including phenoxy) is 1. The smallest absolute Gasteiger partial charge is 0.316 e. The number of rotatable bonds is 11. The number of aliphatic hydroxyl groups is 1. The van der Waals surface area contributed by atoms with Crippen molar-refractivity contribution < 1.29 is 19.4 Å². The van der Waals surface area contributed by atoms with Gasteiger partial charge in [0, 0.05) is 23.9 Å². The molecule has 1 rings (SSSR count). The van der Waals surface area contributed by atoms with Crippen LogP contribution in [0.25, 0.3) is 0 Å². The summed E-state index contributed by atoms with van der Waals surface area (Å²) < 4.78 is 5.24. The van der Waals surface area contributed by atoms with Crippen LogP contribution in [0.1, 0.15) is 66.7 Å². The number of Topliss-reactive ketones (excluding diaryl/α,β-unsaturated/α-hetero) is 1. The molecule has 5 nitrogen and oxygen atoms in total. The van der Waals surface area contributed by atoms with Gasteiger partial charge < -0.3 is 9.84 Å². The molecule has 6 heteroatoms. The normalized spacial score (nSPS) is 22.1. The number of hydrogen-bond acceptors (Lipinski definition) is 6. The standard InChI is InChI=1S/C21H35NO4S/c1-6-10-16(22-11-7-2)19-17(23)13-15(12-14(5)27-9-4)18(20(19)24)21(25)26-8-3/h14-15,18,24H,6-13H2,1-5H3/t14-,15-,18-/m1/s1. The van der Waals surface area contributed by atoms with Gasteiger partial charge in [-0.2, -0.15) is 11.8 Å². The van der Waals surface area contributed by atoms with E-state index in [4.69, 9.17) is 4.74 Å². The summed E-state index contributed by atoms with van der Waals surface area (Å²) in [5.41, 5.74) is 0.890. The van der Waals surface area contributed by atoms with Crippen molar-refractivity contribution in [2.75, 3.05) is 18.9 Å². The molecule has 0 amide bonds.